The normalized spacial score (nSPS) is 18.1. The number of amides is 1. The monoisotopic (exact) mass is 228 g/mol. The van der Waals surface area contributed by atoms with Gasteiger partial charge in [0.15, 0.2) is 0 Å². The summed E-state index contributed by atoms with van der Waals surface area (Å²) in [5, 5.41) is 0. The Kier molecular flexibility index (Phi) is 5.77. The van der Waals surface area contributed by atoms with Crippen LogP contribution in [0.5, 0.6) is 0 Å². The number of hydrogen-bond donors (Lipinski definition) is 0. The fraction of sp³-hybridized carbons (Fsp3) is 0.917. The summed E-state index contributed by atoms with van der Waals surface area (Å²) in [6, 6.07) is 0. The van der Waals surface area contributed by atoms with Crippen LogP contribution in [0.1, 0.15) is 27.2 Å². The van der Waals surface area contributed by atoms with Crippen LogP contribution in [0.25, 0.3) is 0 Å². The van der Waals surface area contributed by atoms with E-state index in [2.05, 4.69) is 18.7 Å². The fourth-order valence-electron chi connectivity index (χ4n) is 1.89. The van der Waals surface area contributed by atoms with Crippen molar-refractivity contribution in [2.45, 2.75) is 33.3 Å². The van der Waals surface area contributed by atoms with Gasteiger partial charge in [-0.3, -0.25) is 9.69 Å². The van der Waals surface area contributed by atoms with Gasteiger partial charge in [0.05, 0.1) is 6.10 Å². The molecule has 0 radical (unpaired) electrons. The Balaban J connectivity index is 2.06. The topological polar surface area (TPSA) is 32.8 Å². The lowest BCUT2D eigenvalue weighted by atomic mass is 10.3. The molecule has 1 saturated heterocycles. The quantitative estimate of drug-likeness (QED) is 0.657. The predicted molar refractivity (Wildman–Crippen MR) is 64.4 cm³/mol. The van der Waals surface area contributed by atoms with Gasteiger partial charge in [0.25, 0.3) is 0 Å². The highest BCUT2D eigenvalue weighted by atomic mass is 16.5. The van der Waals surface area contributed by atoms with Crippen molar-refractivity contribution in [3.8, 4) is 0 Å². The average Bonchev–Trinajstić information content (AvgIpc) is 2.25. The van der Waals surface area contributed by atoms with Crippen molar-refractivity contribution < 1.29 is 9.53 Å². The molecule has 1 rings (SSSR count). The predicted octanol–water partition coefficient (Wildman–Crippen LogP) is 0.966. The molecule has 94 valence electrons. The Bertz CT molecular complexity index is 211. The Morgan fingerprint density at radius 1 is 1.25 bits per heavy atom. The highest BCUT2D eigenvalue weighted by molar-refractivity contribution is 5.73. The molecule has 0 bridgehead atoms. The molecule has 0 unspecified atom stereocenters. The summed E-state index contributed by atoms with van der Waals surface area (Å²) < 4.78 is 5.50. The molecular weight excluding hydrogens is 204 g/mol. The molecule has 1 fully saturated rings. The number of carbonyl (C=O) groups is 1. The molecule has 0 saturated carbocycles. The van der Waals surface area contributed by atoms with E-state index in [1.807, 2.05) is 4.90 Å². The minimum atomic E-state index is 0.197. The summed E-state index contributed by atoms with van der Waals surface area (Å²) >= 11 is 0. The van der Waals surface area contributed by atoms with Crippen LogP contribution in [0.2, 0.25) is 0 Å². The number of nitrogens with zero attached hydrogens (tertiary/aromatic N) is 2. The van der Waals surface area contributed by atoms with Gasteiger partial charge in [-0.1, -0.05) is 0 Å². The first-order valence-electron chi connectivity index (χ1n) is 6.19. The summed E-state index contributed by atoms with van der Waals surface area (Å²) in [4.78, 5) is 15.5. The maximum Gasteiger partial charge on any atom is 0.219 e. The Labute approximate surface area is 98.5 Å². The van der Waals surface area contributed by atoms with E-state index in [1.165, 1.54) is 0 Å². The molecule has 4 heteroatoms. The lowest BCUT2D eigenvalue weighted by molar-refractivity contribution is -0.130. The molecule has 1 aliphatic heterocycles. The van der Waals surface area contributed by atoms with Crippen LogP contribution < -0.4 is 0 Å². The number of piperazine rings is 1. The average molecular weight is 228 g/mol. The van der Waals surface area contributed by atoms with Crippen LogP contribution in [-0.2, 0) is 9.53 Å². The van der Waals surface area contributed by atoms with Gasteiger partial charge >= 0.3 is 0 Å². The van der Waals surface area contributed by atoms with E-state index in [4.69, 9.17) is 4.74 Å². The summed E-state index contributed by atoms with van der Waals surface area (Å²) in [5.74, 6) is 0.197. The highest BCUT2D eigenvalue weighted by Gasteiger charge is 2.17. The third-order valence-corrected chi connectivity index (χ3v) is 2.89. The molecule has 0 spiro atoms. The zero-order valence-corrected chi connectivity index (χ0v) is 10.7. The minimum absolute atomic E-state index is 0.197. The van der Waals surface area contributed by atoms with Gasteiger partial charge in [0.2, 0.25) is 5.91 Å². The smallest absolute Gasteiger partial charge is 0.219 e. The highest BCUT2D eigenvalue weighted by Crippen LogP contribution is 2.03. The first-order chi connectivity index (χ1) is 7.59. The number of ether oxygens (including phenoxy) is 1. The summed E-state index contributed by atoms with van der Waals surface area (Å²) in [7, 11) is 0. The summed E-state index contributed by atoms with van der Waals surface area (Å²) in [6.07, 6.45) is 1.41. The van der Waals surface area contributed by atoms with Crippen molar-refractivity contribution in [3.63, 3.8) is 0 Å². The second-order valence-electron chi connectivity index (χ2n) is 4.62. The first-order valence-corrected chi connectivity index (χ1v) is 6.19. The first kappa shape index (κ1) is 13.5. The minimum Gasteiger partial charge on any atom is -0.379 e. The van der Waals surface area contributed by atoms with Gasteiger partial charge in [-0.2, -0.15) is 0 Å². The third-order valence-electron chi connectivity index (χ3n) is 2.89. The van der Waals surface area contributed by atoms with Crippen molar-refractivity contribution in [1.29, 1.82) is 0 Å². The zero-order valence-electron chi connectivity index (χ0n) is 10.7. The van der Waals surface area contributed by atoms with Gasteiger partial charge < -0.3 is 9.64 Å². The molecule has 0 atom stereocenters. The van der Waals surface area contributed by atoms with Crippen LogP contribution in [0.3, 0.4) is 0 Å². The maximum atomic E-state index is 11.1. The van der Waals surface area contributed by atoms with Crippen molar-refractivity contribution in [2.24, 2.45) is 0 Å². The van der Waals surface area contributed by atoms with Crippen LogP contribution in [0.4, 0.5) is 0 Å². The second-order valence-corrected chi connectivity index (χ2v) is 4.62. The van der Waals surface area contributed by atoms with E-state index < -0.39 is 0 Å². The molecule has 16 heavy (non-hydrogen) atoms. The molecular formula is C12H24N2O2. The fourth-order valence-corrected chi connectivity index (χ4v) is 1.89. The molecule has 0 aromatic heterocycles. The van der Waals surface area contributed by atoms with Crippen LogP contribution in [0, 0.1) is 0 Å². The molecule has 0 N–H and O–H groups in total. The Hall–Kier alpha value is -0.610. The van der Waals surface area contributed by atoms with Crippen molar-refractivity contribution in [1.82, 2.24) is 9.80 Å². The SMILES string of the molecule is CC(=O)N1CCN(CCCOC(C)C)CC1. The Morgan fingerprint density at radius 2 is 1.88 bits per heavy atom. The molecule has 1 aliphatic rings. The molecule has 0 aromatic carbocycles. The van der Waals surface area contributed by atoms with Gasteiger partial charge in [-0.25, -0.2) is 0 Å². The molecule has 0 aromatic rings. The van der Waals surface area contributed by atoms with Crippen molar-refractivity contribution in [3.05, 3.63) is 0 Å². The Morgan fingerprint density at radius 3 is 2.38 bits per heavy atom. The zero-order chi connectivity index (χ0) is 12.0. The number of rotatable bonds is 5. The van der Waals surface area contributed by atoms with Crippen LogP contribution in [-0.4, -0.2) is 61.1 Å². The van der Waals surface area contributed by atoms with Gasteiger partial charge in [0.1, 0.15) is 0 Å². The van der Waals surface area contributed by atoms with E-state index in [1.54, 1.807) is 6.92 Å². The molecule has 1 amide bonds. The second kappa shape index (κ2) is 6.86. The molecule has 1 heterocycles. The van der Waals surface area contributed by atoms with E-state index in [9.17, 15) is 4.79 Å². The lowest BCUT2D eigenvalue weighted by Gasteiger charge is -2.34. The van der Waals surface area contributed by atoms with Crippen LogP contribution >= 0.6 is 0 Å². The van der Waals surface area contributed by atoms with E-state index in [-0.39, 0.29) is 5.91 Å². The van der Waals surface area contributed by atoms with Crippen LogP contribution in [0.15, 0.2) is 0 Å². The van der Waals surface area contributed by atoms with Crippen molar-refractivity contribution in [2.75, 3.05) is 39.3 Å². The van der Waals surface area contributed by atoms with Gasteiger partial charge in [0, 0.05) is 46.3 Å². The van der Waals surface area contributed by atoms with Gasteiger partial charge in [-0.15, -0.1) is 0 Å². The molecule has 0 aliphatic carbocycles. The third kappa shape index (κ3) is 4.94. The van der Waals surface area contributed by atoms with Crippen molar-refractivity contribution >= 4 is 5.91 Å². The number of carbonyl (C=O) groups excluding carboxylic acids is 1. The van der Waals surface area contributed by atoms with E-state index in [0.717, 1.165) is 45.8 Å². The summed E-state index contributed by atoms with van der Waals surface area (Å²) in [6.45, 7) is 11.4. The van der Waals surface area contributed by atoms with E-state index in [0.29, 0.717) is 6.10 Å². The molecule has 4 nitrogen and oxygen atoms in total. The lowest BCUT2D eigenvalue weighted by Crippen LogP contribution is -2.48. The van der Waals surface area contributed by atoms with E-state index >= 15 is 0 Å². The standard InChI is InChI=1S/C12H24N2O2/c1-11(2)16-10-4-5-13-6-8-14(9-7-13)12(3)15/h11H,4-10H2,1-3H3. The number of hydrogen-bond acceptors (Lipinski definition) is 3. The maximum absolute atomic E-state index is 11.1. The summed E-state index contributed by atoms with van der Waals surface area (Å²) in [5.41, 5.74) is 0. The largest absolute Gasteiger partial charge is 0.379 e. The van der Waals surface area contributed by atoms with Gasteiger partial charge in [-0.05, 0) is 20.3 Å².